The Morgan fingerprint density at radius 3 is 2.65 bits per heavy atom. The number of nitrogen functional groups attached to an aromatic ring is 1. The van der Waals surface area contributed by atoms with Crippen molar-refractivity contribution in [2.75, 3.05) is 38.7 Å². The molecule has 0 aliphatic heterocycles. The van der Waals surface area contributed by atoms with Gasteiger partial charge in [0.05, 0.1) is 18.6 Å². The van der Waals surface area contributed by atoms with Gasteiger partial charge in [0.25, 0.3) is 0 Å². The van der Waals surface area contributed by atoms with Gasteiger partial charge in [-0.15, -0.1) is 0 Å². The van der Waals surface area contributed by atoms with Crippen LogP contribution in [0, 0.1) is 5.41 Å². The van der Waals surface area contributed by atoms with Crippen LogP contribution in [-0.2, 0) is 27.9 Å². The Hall–Kier alpha value is -2.27. The van der Waals surface area contributed by atoms with Gasteiger partial charge in [-0.05, 0) is 27.2 Å². The summed E-state index contributed by atoms with van der Waals surface area (Å²) < 4.78 is 35.3. The smallest absolute Gasteiger partial charge is 0.358 e. The minimum Gasteiger partial charge on any atom is -0.438 e. The van der Waals surface area contributed by atoms with Crippen LogP contribution in [0.3, 0.4) is 0 Å². The lowest BCUT2D eigenvalue weighted by Gasteiger charge is -2.20. The number of ether oxygens (including phenoxy) is 2. The second-order valence-corrected chi connectivity index (χ2v) is 9.59. The zero-order valence-corrected chi connectivity index (χ0v) is 19.2. The fraction of sp³-hybridized carbons (Fsp3) is 0.667. The summed E-state index contributed by atoms with van der Waals surface area (Å²) in [6.45, 7) is 7.06. The summed E-state index contributed by atoms with van der Waals surface area (Å²) in [4.78, 5) is 29.4. The molecule has 2 N–H and O–H groups in total. The molecule has 1 atom stereocenters. The van der Waals surface area contributed by atoms with Gasteiger partial charge in [0.1, 0.15) is 25.6 Å². The van der Waals surface area contributed by atoms with Crippen LogP contribution < -0.4 is 10.6 Å². The zero-order valence-electron chi connectivity index (χ0n) is 18.3. The molecule has 0 aromatic carbocycles. The van der Waals surface area contributed by atoms with E-state index in [9.17, 15) is 9.36 Å². The second kappa shape index (κ2) is 11.4. The minimum absolute atomic E-state index is 0.0898. The SMILES string of the molecule is CCCCOP(=O)(COCCOn1cnc2c(N)ncnc21)OCOC(=O)C(C)(C)C. The van der Waals surface area contributed by atoms with Gasteiger partial charge in [-0.25, -0.2) is 15.0 Å². The summed E-state index contributed by atoms with van der Waals surface area (Å²) in [6.07, 6.45) is 3.98. The number of hydrogen-bond acceptors (Lipinski definition) is 11. The van der Waals surface area contributed by atoms with Crippen LogP contribution in [0.5, 0.6) is 0 Å². The van der Waals surface area contributed by atoms with Crippen LogP contribution in [-0.4, -0.2) is 58.6 Å². The van der Waals surface area contributed by atoms with Gasteiger partial charge < -0.3 is 24.6 Å². The topological polar surface area (TPSA) is 150 Å². The Kier molecular flexibility index (Phi) is 9.17. The predicted molar refractivity (Wildman–Crippen MR) is 112 cm³/mol. The average molecular weight is 459 g/mol. The normalized spacial score (nSPS) is 13.8. The number of imidazole rings is 1. The molecule has 2 aromatic rings. The number of carbonyl (C=O) groups is 1. The number of nitrogens with two attached hydrogens (primary N) is 1. The molecular weight excluding hydrogens is 429 g/mol. The summed E-state index contributed by atoms with van der Waals surface area (Å²) >= 11 is 0. The molecule has 12 nitrogen and oxygen atoms in total. The van der Waals surface area contributed by atoms with Crippen LogP contribution >= 0.6 is 7.60 Å². The Labute approximate surface area is 180 Å². The van der Waals surface area contributed by atoms with Gasteiger partial charge >= 0.3 is 13.6 Å². The number of fused-ring (bicyclic) bond motifs is 1. The van der Waals surface area contributed by atoms with Crippen LogP contribution in [0.15, 0.2) is 12.7 Å². The molecule has 0 aliphatic carbocycles. The van der Waals surface area contributed by atoms with Crippen LogP contribution in [0.25, 0.3) is 11.2 Å². The Bertz CT molecular complexity index is 899. The number of carbonyl (C=O) groups excluding carboxylic acids is 1. The van der Waals surface area contributed by atoms with Crippen molar-refractivity contribution in [1.29, 1.82) is 0 Å². The van der Waals surface area contributed by atoms with Crippen LogP contribution in [0.1, 0.15) is 40.5 Å². The zero-order chi connectivity index (χ0) is 22.9. The van der Waals surface area contributed by atoms with Gasteiger partial charge in [0.15, 0.2) is 11.3 Å². The first-order valence-corrected chi connectivity index (χ1v) is 11.6. The van der Waals surface area contributed by atoms with Crippen molar-refractivity contribution in [3.05, 3.63) is 12.7 Å². The number of anilines is 1. The summed E-state index contributed by atoms with van der Waals surface area (Å²) in [5.41, 5.74) is 5.88. The second-order valence-electron chi connectivity index (χ2n) is 7.60. The molecule has 2 aromatic heterocycles. The fourth-order valence-electron chi connectivity index (χ4n) is 2.13. The van der Waals surface area contributed by atoms with Crippen molar-refractivity contribution in [2.24, 2.45) is 5.41 Å². The Balaban J connectivity index is 1.81. The molecule has 13 heteroatoms. The molecular formula is C18H30N5O7P. The van der Waals surface area contributed by atoms with Gasteiger partial charge in [-0.2, -0.15) is 4.73 Å². The lowest BCUT2D eigenvalue weighted by atomic mass is 9.98. The molecule has 31 heavy (non-hydrogen) atoms. The first-order chi connectivity index (χ1) is 14.7. The molecule has 174 valence electrons. The lowest BCUT2D eigenvalue weighted by molar-refractivity contribution is -0.160. The van der Waals surface area contributed by atoms with Crippen molar-refractivity contribution in [3.8, 4) is 0 Å². The highest BCUT2D eigenvalue weighted by Gasteiger charge is 2.28. The van der Waals surface area contributed by atoms with E-state index in [2.05, 4.69) is 15.0 Å². The summed E-state index contributed by atoms with van der Waals surface area (Å²) in [6, 6.07) is 0. The first-order valence-electron chi connectivity index (χ1n) is 9.86. The fourth-order valence-corrected chi connectivity index (χ4v) is 3.33. The lowest BCUT2D eigenvalue weighted by Crippen LogP contribution is -2.24. The molecule has 0 saturated carbocycles. The molecule has 1 unspecified atom stereocenters. The number of unbranched alkanes of at least 4 members (excludes halogenated alkanes) is 1. The van der Waals surface area contributed by atoms with Crippen LogP contribution in [0.2, 0.25) is 0 Å². The Morgan fingerprint density at radius 1 is 1.16 bits per heavy atom. The standard InChI is InChI=1S/C18H30N5O7P/c1-5-6-7-29-31(25,30-12-27-17(24)18(2,3)4)13-26-8-9-28-23-11-22-14-15(19)20-10-21-16(14)23/h10-11H,5-9,12-13H2,1-4H3,(H2,19,20,21). The van der Waals surface area contributed by atoms with Gasteiger partial charge in [-0.1, -0.05) is 13.3 Å². The Morgan fingerprint density at radius 2 is 1.94 bits per heavy atom. The summed E-state index contributed by atoms with van der Waals surface area (Å²) in [5, 5.41) is 0. The molecule has 0 fully saturated rings. The molecule has 0 aliphatic rings. The minimum atomic E-state index is -3.61. The number of nitrogens with zero attached hydrogens (tertiary/aromatic N) is 4. The molecule has 2 heterocycles. The average Bonchev–Trinajstić information content (AvgIpc) is 3.12. The largest absolute Gasteiger partial charge is 0.438 e. The third-order valence-electron chi connectivity index (χ3n) is 3.88. The van der Waals surface area contributed by atoms with E-state index in [1.807, 2.05) is 6.92 Å². The van der Waals surface area contributed by atoms with Crippen molar-refractivity contribution < 1.29 is 32.7 Å². The van der Waals surface area contributed by atoms with E-state index in [4.69, 9.17) is 29.1 Å². The first kappa shape index (κ1) is 25.0. The maximum atomic E-state index is 12.9. The van der Waals surface area contributed by atoms with Gasteiger partial charge in [0, 0.05) is 0 Å². The van der Waals surface area contributed by atoms with E-state index in [0.29, 0.717) is 17.6 Å². The maximum absolute atomic E-state index is 12.9. The third kappa shape index (κ3) is 7.73. The highest BCUT2D eigenvalue weighted by atomic mass is 31.2. The molecule has 0 saturated heterocycles. The van der Waals surface area contributed by atoms with Crippen molar-refractivity contribution in [2.45, 2.75) is 40.5 Å². The summed E-state index contributed by atoms with van der Waals surface area (Å²) in [7, 11) is -3.61. The highest BCUT2D eigenvalue weighted by molar-refractivity contribution is 7.53. The number of esters is 1. The van der Waals surface area contributed by atoms with Crippen molar-refractivity contribution in [1.82, 2.24) is 19.7 Å². The quantitative estimate of drug-likeness (QED) is 0.203. The monoisotopic (exact) mass is 459 g/mol. The molecule has 0 radical (unpaired) electrons. The van der Waals surface area contributed by atoms with Gasteiger partial charge in [0.2, 0.25) is 12.4 Å². The highest BCUT2D eigenvalue weighted by Crippen LogP contribution is 2.48. The van der Waals surface area contributed by atoms with E-state index in [1.165, 1.54) is 17.4 Å². The van der Waals surface area contributed by atoms with E-state index in [1.54, 1.807) is 20.8 Å². The number of aromatic nitrogens is 4. The van der Waals surface area contributed by atoms with E-state index in [0.717, 1.165) is 6.42 Å². The van der Waals surface area contributed by atoms with E-state index in [-0.39, 0.29) is 32.0 Å². The van der Waals surface area contributed by atoms with Crippen LogP contribution in [0.4, 0.5) is 5.82 Å². The van der Waals surface area contributed by atoms with Crippen molar-refractivity contribution in [3.63, 3.8) is 0 Å². The van der Waals surface area contributed by atoms with Gasteiger partial charge in [-0.3, -0.25) is 13.9 Å². The molecule has 0 bridgehead atoms. The number of hydrogen-bond donors (Lipinski definition) is 1. The van der Waals surface area contributed by atoms with E-state index < -0.39 is 25.8 Å². The maximum Gasteiger partial charge on any atom is 0.358 e. The van der Waals surface area contributed by atoms with Crippen molar-refractivity contribution >= 4 is 30.5 Å². The predicted octanol–water partition coefficient (Wildman–Crippen LogP) is 2.38. The molecule has 0 amide bonds. The molecule has 0 spiro atoms. The third-order valence-corrected chi connectivity index (χ3v) is 5.45. The summed E-state index contributed by atoms with van der Waals surface area (Å²) in [5.74, 6) is -0.225. The van der Waals surface area contributed by atoms with E-state index >= 15 is 0 Å². The molecule has 2 rings (SSSR count). The number of rotatable bonds is 13.